The highest BCUT2D eigenvalue weighted by molar-refractivity contribution is 9.10. The molecule has 3 aromatic rings. The van der Waals surface area contributed by atoms with Gasteiger partial charge in [0.05, 0.1) is 6.61 Å². The Bertz CT molecular complexity index is 1040. The Morgan fingerprint density at radius 3 is 2.65 bits per heavy atom. The zero-order valence-corrected chi connectivity index (χ0v) is 15.5. The van der Waals surface area contributed by atoms with Crippen LogP contribution in [-0.4, -0.2) is 18.9 Å². The minimum absolute atomic E-state index is 0.179. The number of fused-ring (bicyclic) bond motifs is 1. The highest BCUT2D eigenvalue weighted by Crippen LogP contribution is 2.33. The van der Waals surface area contributed by atoms with Gasteiger partial charge in [-0.05, 0) is 30.2 Å². The number of hydrogen-bond acceptors (Lipinski definition) is 5. The van der Waals surface area contributed by atoms with Gasteiger partial charge in [0, 0.05) is 21.5 Å². The Balaban J connectivity index is 2.18. The van der Waals surface area contributed by atoms with Gasteiger partial charge in [-0.25, -0.2) is 4.79 Å². The summed E-state index contributed by atoms with van der Waals surface area (Å²) in [7, 11) is 0. The van der Waals surface area contributed by atoms with Crippen LogP contribution < -0.4 is 5.63 Å². The van der Waals surface area contributed by atoms with Gasteiger partial charge in [0.15, 0.2) is 0 Å². The number of benzene rings is 2. The Labute approximate surface area is 157 Å². The Morgan fingerprint density at radius 2 is 1.96 bits per heavy atom. The van der Waals surface area contributed by atoms with Crippen LogP contribution in [0, 0.1) is 0 Å². The van der Waals surface area contributed by atoms with Crippen LogP contribution >= 0.6 is 15.9 Å². The van der Waals surface area contributed by atoms with Crippen molar-refractivity contribution in [3.8, 4) is 11.1 Å². The highest BCUT2D eigenvalue weighted by atomic mass is 79.9. The average molecular weight is 415 g/mol. The molecule has 26 heavy (non-hydrogen) atoms. The molecule has 0 aliphatic heterocycles. The third-order valence-corrected chi connectivity index (χ3v) is 4.66. The van der Waals surface area contributed by atoms with Gasteiger partial charge in [0.2, 0.25) is 0 Å². The van der Waals surface area contributed by atoms with Crippen molar-refractivity contribution in [3.63, 3.8) is 0 Å². The smallest absolute Gasteiger partial charge is 0.336 e. The molecule has 1 atom stereocenters. The van der Waals surface area contributed by atoms with Gasteiger partial charge in [0.25, 0.3) is 0 Å². The summed E-state index contributed by atoms with van der Waals surface area (Å²) >= 11 is 3.49. The van der Waals surface area contributed by atoms with Crippen molar-refractivity contribution in [2.75, 3.05) is 6.61 Å². The lowest BCUT2D eigenvalue weighted by Gasteiger charge is -2.12. The number of carbonyl (C=O) groups is 2. The summed E-state index contributed by atoms with van der Waals surface area (Å²) < 4.78 is 11.1. The second-order valence-corrected chi connectivity index (χ2v) is 6.43. The molecule has 0 saturated carbocycles. The van der Waals surface area contributed by atoms with Crippen LogP contribution in [0.1, 0.15) is 18.4 Å². The van der Waals surface area contributed by atoms with E-state index in [1.54, 1.807) is 19.1 Å². The maximum absolute atomic E-state index is 12.0. The van der Waals surface area contributed by atoms with Crippen molar-refractivity contribution in [1.29, 1.82) is 0 Å². The minimum Gasteiger partial charge on any atom is -0.465 e. The summed E-state index contributed by atoms with van der Waals surface area (Å²) in [5.41, 5.74) is 1.75. The molecule has 3 rings (SSSR count). The molecule has 0 saturated heterocycles. The Hall–Kier alpha value is -2.73. The number of aldehydes is 1. The van der Waals surface area contributed by atoms with Crippen molar-refractivity contribution in [2.45, 2.75) is 12.8 Å². The topological polar surface area (TPSA) is 73.6 Å². The van der Waals surface area contributed by atoms with Crippen LogP contribution in [0.3, 0.4) is 0 Å². The van der Waals surface area contributed by atoms with Crippen LogP contribution in [0.2, 0.25) is 0 Å². The lowest BCUT2D eigenvalue weighted by molar-refractivity contribution is -0.146. The average Bonchev–Trinajstić information content (AvgIpc) is 2.62. The molecule has 0 N–H and O–H groups in total. The molecule has 0 aliphatic rings. The highest BCUT2D eigenvalue weighted by Gasteiger charge is 2.22. The number of esters is 1. The SMILES string of the molecule is CCOC(=O)C(C=O)c1ccc2c(-c3ccccc3Br)cc(=O)oc2c1. The Morgan fingerprint density at radius 1 is 1.19 bits per heavy atom. The number of hydrogen-bond donors (Lipinski definition) is 0. The van der Waals surface area contributed by atoms with Crippen molar-refractivity contribution < 1.29 is 18.7 Å². The van der Waals surface area contributed by atoms with E-state index >= 15 is 0 Å². The lowest BCUT2D eigenvalue weighted by Crippen LogP contribution is -2.17. The monoisotopic (exact) mass is 414 g/mol. The summed E-state index contributed by atoms with van der Waals surface area (Å²) in [4.78, 5) is 35.4. The first-order chi connectivity index (χ1) is 12.5. The van der Waals surface area contributed by atoms with Crippen LogP contribution in [0.5, 0.6) is 0 Å². The molecule has 5 nitrogen and oxygen atoms in total. The molecule has 2 aromatic carbocycles. The van der Waals surface area contributed by atoms with E-state index in [1.165, 1.54) is 12.1 Å². The molecule has 0 amide bonds. The van der Waals surface area contributed by atoms with Gasteiger partial charge in [0.1, 0.15) is 17.8 Å². The van der Waals surface area contributed by atoms with E-state index in [0.717, 1.165) is 10.0 Å². The molecule has 0 radical (unpaired) electrons. The van der Waals surface area contributed by atoms with E-state index in [-0.39, 0.29) is 6.61 Å². The lowest BCUT2D eigenvalue weighted by atomic mass is 9.96. The fraction of sp³-hybridized carbons (Fsp3) is 0.150. The molecule has 1 heterocycles. The van der Waals surface area contributed by atoms with E-state index in [1.807, 2.05) is 24.3 Å². The zero-order valence-electron chi connectivity index (χ0n) is 13.9. The largest absolute Gasteiger partial charge is 0.465 e. The summed E-state index contributed by atoms with van der Waals surface area (Å²) in [5, 5.41) is 0.703. The van der Waals surface area contributed by atoms with E-state index < -0.39 is 17.5 Å². The maximum atomic E-state index is 12.0. The summed E-state index contributed by atoms with van der Waals surface area (Å²) in [5.74, 6) is -1.69. The normalized spacial score (nSPS) is 11.9. The molecule has 0 fully saturated rings. The second-order valence-electron chi connectivity index (χ2n) is 5.58. The predicted molar refractivity (Wildman–Crippen MR) is 101 cm³/mol. The Kier molecular flexibility index (Phi) is 5.32. The van der Waals surface area contributed by atoms with E-state index in [4.69, 9.17) is 9.15 Å². The van der Waals surface area contributed by atoms with Crippen molar-refractivity contribution >= 4 is 39.2 Å². The van der Waals surface area contributed by atoms with Crippen molar-refractivity contribution in [2.24, 2.45) is 0 Å². The minimum atomic E-state index is -1.06. The number of carbonyl (C=O) groups excluding carboxylic acids is 2. The summed E-state index contributed by atoms with van der Waals surface area (Å²) in [6.45, 7) is 1.85. The number of rotatable bonds is 5. The molecular weight excluding hydrogens is 400 g/mol. The van der Waals surface area contributed by atoms with Gasteiger partial charge in [-0.3, -0.25) is 4.79 Å². The van der Waals surface area contributed by atoms with Gasteiger partial charge in [-0.1, -0.05) is 46.3 Å². The van der Waals surface area contributed by atoms with Crippen LogP contribution in [0.15, 0.2) is 62.2 Å². The van der Waals surface area contributed by atoms with Crippen LogP contribution in [-0.2, 0) is 14.3 Å². The van der Waals surface area contributed by atoms with E-state index in [9.17, 15) is 14.4 Å². The third-order valence-electron chi connectivity index (χ3n) is 3.97. The fourth-order valence-electron chi connectivity index (χ4n) is 2.78. The van der Waals surface area contributed by atoms with Crippen molar-refractivity contribution in [1.82, 2.24) is 0 Å². The van der Waals surface area contributed by atoms with E-state index in [2.05, 4.69) is 15.9 Å². The van der Waals surface area contributed by atoms with Crippen LogP contribution in [0.4, 0.5) is 0 Å². The molecule has 0 bridgehead atoms. The molecule has 0 spiro atoms. The molecular formula is C20H15BrO5. The number of halogens is 1. The van der Waals surface area contributed by atoms with Gasteiger partial charge in [-0.2, -0.15) is 0 Å². The third kappa shape index (κ3) is 3.46. The first kappa shape index (κ1) is 18.1. The number of ether oxygens (including phenoxy) is 1. The van der Waals surface area contributed by atoms with Gasteiger partial charge < -0.3 is 13.9 Å². The molecule has 132 valence electrons. The molecule has 0 aliphatic carbocycles. The van der Waals surface area contributed by atoms with E-state index in [0.29, 0.717) is 28.4 Å². The van der Waals surface area contributed by atoms with Gasteiger partial charge in [-0.15, -0.1) is 0 Å². The zero-order chi connectivity index (χ0) is 18.7. The molecule has 1 aromatic heterocycles. The first-order valence-corrected chi connectivity index (χ1v) is 8.79. The summed E-state index contributed by atoms with van der Waals surface area (Å²) in [6.07, 6.45) is 0.523. The standard InChI is InChI=1S/C20H15BrO5/c1-2-25-20(24)16(11-22)12-7-8-14-15(10-19(23)26-18(14)9-12)13-5-3-4-6-17(13)21/h3-11,16H,2H2,1H3. The maximum Gasteiger partial charge on any atom is 0.336 e. The quantitative estimate of drug-likeness (QED) is 0.272. The van der Waals surface area contributed by atoms with Crippen LogP contribution in [0.25, 0.3) is 22.1 Å². The molecule has 6 heteroatoms. The fourth-order valence-corrected chi connectivity index (χ4v) is 3.28. The first-order valence-electron chi connectivity index (χ1n) is 7.99. The van der Waals surface area contributed by atoms with Gasteiger partial charge >= 0.3 is 11.6 Å². The van der Waals surface area contributed by atoms with Crippen molar-refractivity contribution in [3.05, 3.63) is 69.0 Å². The second kappa shape index (κ2) is 7.66. The predicted octanol–water partition coefficient (Wildman–Crippen LogP) is 4.07. The molecule has 1 unspecified atom stereocenters. The summed E-state index contributed by atoms with van der Waals surface area (Å²) in [6, 6.07) is 13.9.